The molecular weight excluding hydrogens is 341 g/mol. The first-order valence-electron chi connectivity index (χ1n) is 6.90. The number of nitrogens with one attached hydrogen (secondary N) is 1. The summed E-state index contributed by atoms with van der Waals surface area (Å²) in [6.07, 6.45) is -2.19. The number of alkyl halides is 3. The van der Waals surface area contributed by atoms with Gasteiger partial charge in [-0.05, 0) is 23.8 Å². The van der Waals surface area contributed by atoms with Crippen molar-refractivity contribution in [3.63, 3.8) is 0 Å². The van der Waals surface area contributed by atoms with E-state index in [9.17, 15) is 28.1 Å². The van der Waals surface area contributed by atoms with Gasteiger partial charge in [-0.2, -0.15) is 18.2 Å². The molecule has 0 saturated carbocycles. The molecule has 0 aliphatic rings. The van der Waals surface area contributed by atoms with Gasteiger partial charge in [0.25, 0.3) is 5.69 Å². The molecule has 1 aromatic carbocycles. The van der Waals surface area contributed by atoms with Gasteiger partial charge < -0.3 is 9.88 Å². The summed E-state index contributed by atoms with van der Waals surface area (Å²) in [6.45, 7) is 0. The first kappa shape index (κ1) is 18.2. The minimum Gasteiger partial charge on any atom is -0.372 e. The van der Waals surface area contributed by atoms with Gasteiger partial charge in [0.15, 0.2) is 0 Å². The molecule has 0 aliphatic heterocycles. The monoisotopic (exact) mass is 354 g/mol. The van der Waals surface area contributed by atoms with Crippen LogP contribution < -0.4 is 10.6 Å². The lowest BCUT2D eigenvalue weighted by Crippen LogP contribution is -2.19. The lowest BCUT2D eigenvalue weighted by molar-refractivity contribution is -0.384. The molecule has 2 aromatic rings. The molecule has 0 atom stereocenters. The highest BCUT2D eigenvalue weighted by Crippen LogP contribution is 2.29. The highest BCUT2D eigenvalue weighted by atomic mass is 19.4. The maximum atomic E-state index is 12.7. The van der Waals surface area contributed by atoms with Crippen molar-refractivity contribution in [3.8, 4) is 0 Å². The summed E-state index contributed by atoms with van der Waals surface area (Å²) < 4.78 is 38.0. The van der Waals surface area contributed by atoms with Crippen molar-refractivity contribution in [3.05, 3.63) is 61.8 Å². The van der Waals surface area contributed by atoms with Gasteiger partial charge >= 0.3 is 11.9 Å². The molecule has 0 spiro atoms. The normalized spacial score (nSPS) is 11.7. The van der Waals surface area contributed by atoms with Crippen molar-refractivity contribution >= 4 is 23.5 Å². The Morgan fingerprint density at radius 1 is 1.24 bits per heavy atom. The van der Waals surface area contributed by atoms with Crippen LogP contribution in [-0.2, 0) is 6.18 Å². The summed E-state index contributed by atoms with van der Waals surface area (Å²) >= 11 is 0. The van der Waals surface area contributed by atoms with E-state index < -0.39 is 22.5 Å². The van der Waals surface area contributed by atoms with E-state index in [1.54, 1.807) is 30.0 Å². The maximum Gasteiger partial charge on any atom is 0.431 e. The van der Waals surface area contributed by atoms with Crippen molar-refractivity contribution in [2.24, 2.45) is 0 Å². The summed E-state index contributed by atoms with van der Waals surface area (Å²) in [5.74, 6) is 0. The Kier molecular flexibility index (Phi) is 4.91. The molecular formula is C15H13F3N4O3. The second-order valence-corrected chi connectivity index (χ2v) is 5.26. The van der Waals surface area contributed by atoms with E-state index >= 15 is 0 Å². The zero-order chi connectivity index (χ0) is 18.8. The van der Waals surface area contributed by atoms with Gasteiger partial charge in [0.2, 0.25) is 0 Å². The van der Waals surface area contributed by atoms with E-state index in [4.69, 9.17) is 0 Å². The summed E-state index contributed by atoms with van der Waals surface area (Å²) in [5.41, 5.74) is -1.95. The topological polar surface area (TPSA) is 92.1 Å². The molecule has 1 N–H and O–H groups in total. The molecule has 2 rings (SSSR count). The summed E-state index contributed by atoms with van der Waals surface area (Å²) in [5, 5.41) is 11.1. The standard InChI is InChI=1S/C15H13F3N4O3/c1-21(2)11-6-4-9(7-12(11)22(24)25)3-5-10-8-13(15(16,17)18)20-14(23)19-10/h3-8H,1-2H3,(H,19,20,23). The fourth-order valence-electron chi connectivity index (χ4n) is 2.06. The number of halogens is 3. The predicted octanol–water partition coefficient (Wildman–Crippen LogP) is 2.93. The molecule has 0 fully saturated rings. The third-order valence-electron chi connectivity index (χ3n) is 3.19. The molecule has 1 aromatic heterocycles. The highest BCUT2D eigenvalue weighted by Gasteiger charge is 2.32. The SMILES string of the molecule is CN(C)c1ccc(C=Cc2cc(C(F)(F)F)[nH]c(=O)n2)cc1[N+](=O)[O-]. The van der Waals surface area contributed by atoms with Crippen molar-refractivity contribution in [1.29, 1.82) is 0 Å². The average molecular weight is 354 g/mol. The van der Waals surface area contributed by atoms with Crippen LogP contribution in [0.5, 0.6) is 0 Å². The van der Waals surface area contributed by atoms with Gasteiger partial charge in [0.1, 0.15) is 11.4 Å². The van der Waals surface area contributed by atoms with Gasteiger partial charge in [-0.25, -0.2) is 4.79 Å². The largest absolute Gasteiger partial charge is 0.431 e. The number of aromatic nitrogens is 2. The number of nitro groups is 1. The number of anilines is 1. The van der Waals surface area contributed by atoms with Crippen LogP contribution in [0, 0.1) is 10.1 Å². The van der Waals surface area contributed by atoms with Crippen LogP contribution in [0.3, 0.4) is 0 Å². The van der Waals surface area contributed by atoms with Gasteiger partial charge in [-0.3, -0.25) is 10.1 Å². The van der Waals surface area contributed by atoms with E-state index in [0.717, 1.165) is 0 Å². The van der Waals surface area contributed by atoms with Crippen LogP contribution >= 0.6 is 0 Å². The minimum absolute atomic E-state index is 0.151. The van der Waals surface area contributed by atoms with E-state index in [1.807, 2.05) is 0 Å². The molecule has 0 bridgehead atoms. The maximum absolute atomic E-state index is 12.7. The molecule has 0 aliphatic carbocycles. The molecule has 25 heavy (non-hydrogen) atoms. The second-order valence-electron chi connectivity index (χ2n) is 5.26. The fourth-order valence-corrected chi connectivity index (χ4v) is 2.06. The summed E-state index contributed by atoms with van der Waals surface area (Å²) in [4.78, 5) is 28.4. The Balaban J connectivity index is 2.40. The van der Waals surface area contributed by atoms with Gasteiger partial charge in [-0.15, -0.1) is 0 Å². The predicted molar refractivity (Wildman–Crippen MR) is 86.2 cm³/mol. The molecule has 7 nitrogen and oxygen atoms in total. The van der Waals surface area contributed by atoms with E-state index in [1.165, 1.54) is 24.3 Å². The van der Waals surface area contributed by atoms with Crippen LogP contribution in [0.1, 0.15) is 17.0 Å². The smallest absolute Gasteiger partial charge is 0.372 e. The lowest BCUT2D eigenvalue weighted by atomic mass is 10.1. The van der Waals surface area contributed by atoms with Crippen molar-refractivity contribution in [1.82, 2.24) is 9.97 Å². The van der Waals surface area contributed by atoms with Gasteiger partial charge in [-0.1, -0.05) is 12.1 Å². The minimum atomic E-state index is -4.71. The second kappa shape index (κ2) is 6.75. The van der Waals surface area contributed by atoms with Crippen LogP contribution in [0.15, 0.2) is 29.1 Å². The summed E-state index contributed by atoms with van der Waals surface area (Å²) in [6, 6.07) is 5.05. The molecule has 10 heteroatoms. The third-order valence-corrected chi connectivity index (χ3v) is 3.19. The van der Waals surface area contributed by atoms with E-state index in [2.05, 4.69) is 4.98 Å². The van der Waals surface area contributed by atoms with Crippen molar-refractivity contribution in [2.75, 3.05) is 19.0 Å². The molecule has 132 valence electrons. The first-order chi connectivity index (χ1) is 11.6. The Bertz CT molecular complexity index is 888. The first-order valence-corrected chi connectivity index (χ1v) is 6.90. The van der Waals surface area contributed by atoms with Crippen molar-refractivity contribution in [2.45, 2.75) is 6.18 Å². The third kappa shape index (κ3) is 4.43. The molecule has 0 unspecified atom stereocenters. The quantitative estimate of drug-likeness (QED) is 0.673. The number of rotatable bonds is 4. The Hall–Kier alpha value is -3.17. The number of hydrogen-bond acceptors (Lipinski definition) is 5. The number of aromatic amines is 1. The molecule has 1 heterocycles. The van der Waals surface area contributed by atoms with E-state index in [-0.39, 0.29) is 11.4 Å². The Labute approximate surface area is 139 Å². The number of hydrogen-bond donors (Lipinski definition) is 1. The van der Waals surface area contributed by atoms with Crippen LogP contribution in [0.25, 0.3) is 12.2 Å². The molecule has 0 saturated heterocycles. The van der Waals surface area contributed by atoms with Crippen LogP contribution in [-0.4, -0.2) is 29.0 Å². The van der Waals surface area contributed by atoms with Crippen LogP contribution in [0.4, 0.5) is 24.5 Å². The molecule has 0 amide bonds. The number of nitrogens with zero attached hydrogens (tertiary/aromatic N) is 3. The zero-order valence-electron chi connectivity index (χ0n) is 13.2. The van der Waals surface area contributed by atoms with Crippen LogP contribution in [0.2, 0.25) is 0 Å². The van der Waals surface area contributed by atoms with Gasteiger partial charge in [0, 0.05) is 20.2 Å². The summed E-state index contributed by atoms with van der Waals surface area (Å²) in [7, 11) is 3.30. The number of benzene rings is 1. The highest BCUT2D eigenvalue weighted by molar-refractivity contribution is 5.73. The Morgan fingerprint density at radius 3 is 2.48 bits per heavy atom. The van der Waals surface area contributed by atoms with Crippen molar-refractivity contribution < 1.29 is 18.1 Å². The number of H-pyrrole nitrogens is 1. The average Bonchev–Trinajstić information content (AvgIpc) is 2.51. The molecule has 0 radical (unpaired) electrons. The van der Waals surface area contributed by atoms with E-state index in [0.29, 0.717) is 17.3 Å². The van der Waals surface area contributed by atoms with Gasteiger partial charge in [0.05, 0.1) is 10.6 Å². The lowest BCUT2D eigenvalue weighted by Gasteiger charge is -2.12. The fraction of sp³-hybridized carbons (Fsp3) is 0.200. The Morgan fingerprint density at radius 2 is 1.92 bits per heavy atom. The number of nitro benzene ring substituents is 1. The zero-order valence-corrected chi connectivity index (χ0v) is 13.2.